The van der Waals surface area contributed by atoms with Crippen LogP contribution in [0.5, 0.6) is 0 Å². The van der Waals surface area contributed by atoms with Crippen LogP contribution in [0.2, 0.25) is 0 Å². The largest absolute Gasteiger partial charge is 0.481 e. The smallest absolute Gasteiger partial charge is 0.411 e. The minimum Gasteiger partial charge on any atom is -0.481 e. The van der Waals surface area contributed by atoms with Gasteiger partial charge in [-0.2, -0.15) is 0 Å². The summed E-state index contributed by atoms with van der Waals surface area (Å²) in [7, 11) is 0. The van der Waals surface area contributed by atoms with Gasteiger partial charge in [-0.25, -0.2) is 4.79 Å². The van der Waals surface area contributed by atoms with Gasteiger partial charge in [0.1, 0.15) is 12.0 Å². The lowest BCUT2D eigenvalue weighted by Crippen LogP contribution is -2.60. The number of carboxylic acids is 1. The first kappa shape index (κ1) is 23.1. The highest BCUT2D eigenvalue weighted by Gasteiger charge is 2.47. The standard InChI is InChI=1S/C27H23BrN2O5/c1-27(25(32)33)14-30(15-27)24(31)16-10-11-22(28)23(12-16)29-26(34)35-13-21-19-8-4-2-6-17(19)18-7-3-5-9-20(18)21/h2-12,21H,13-15H2,1H3,(H,29,34)(H,32,33). The van der Waals surface area contributed by atoms with E-state index < -0.39 is 17.5 Å². The van der Waals surface area contributed by atoms with Crippen LogP contribution in [0.4, 0.5) is 10.5 Å². The van der Waals surface area contributed by atoms with Crippen LogP contribution in [-0.4, -0.2) is 47.7 Å². The molecule has 5 rings (SSSR count). The van der Waals surface area contributed by atoms with E-state index >= 15 is 0 Å². The van der Waals surface area contributed by atoms with Crippen LogP contribution in [-0.2, 0) is 9.53 Å². The molecule has 0 unspecified atom stereocenters. The molecule has 3 aromatic rings. The zero-order chi connectivity index (χ0) is 24.7. The second-order valence-corrected chi connectivity index (χ2v) is 10.0. The molecule has 178 valence electrons. The summed E-state index contributed by atoms with van der Waals surface area (Å²) >= 11 is 3.40. The summed E-state index contributed by atoms with van der Waals surface area (Å²) in [6, 6.07) is 21.1. The number of carboxylic acid groups (broad SMARTS) is 1. The van der Waals surface area contributed by atoms with Crippen LogP contribution < -0.4 is 5.32 Å². The van der Waals surface area contributed by atoms with Crippen molar-refractivity contribution in [2.75, 3.05) is 25.0 Å². The predicted octanol–water partition coefficient (Wildman–Crippen LogP) is 5.36. The molecular weight excluding hydrogens is 512 g/mol. The third kappa shape index (κ3) is 4.18. The van der Waals surface area contributed by atoms with E-state index in [9.17, 15) is 19.5 Å². The number of benzene rings is 3. The lowest BCUT2D eigenvalue weighted by molar-refractivity contribution is -0.155. The number of carbonyl (C=O) groups excluding carboxylic acids is 2. The van der Waals surface area contributed by atoms with E-state index in [-0.39, 0.29) is 31.5 Å². The Bertz CT molecular complexity index is 1300. The molecule has 2 amide bonds. The summed E-state index contributed by atoms with van der Waals surface area (Å²) in [5.41, 5.74) is 4.38. The Morgan fingerprint density at radius 2 is 1.63 bits per heavy atom. The number of hydrogen-bond donors (Lipinski definition) is 2. The van der Waals surface area contributed by atoms with E-state index in [2.05, 4.69) is 45.5 Å². The predicted molar refractivity (Wildman–Crippen MR) is 134 cm³/mol. The van der Waals surface area contributed by atoms with Gasteiger partial charge in [0.15, 0.2) is 0 Å². The van der Waals surface area contributed by atoms with Gasteiger partial charge in [0, 0.05) is 29.0 Å². The average Bonchev–Trinajstić information content (AvgIpc) is 3.15. The number of hydrogen-bond acceptors (Lipinski definition) is 4. The number of aliphatic carboxylic acids is 1. The fraction of sp³-hybridized carbons (Fsp3) is 0.222. The quantitative estimate of drug-likeness (QED) is 0.459. The molecule has 1 heterocycles. The van der Waals surface area contributed by atoms with Gasteiger partial charge in [-0.1, -0.05) is 48.5 Å². The van der Waals surface area contributed by atoms with Crippen LogP contribution in [0.3, 0.4) is 0 Å². The number of carbonyl (C=O) groups is 3. The summed E-state index contributed by atoms with van der Waals surface area (Å²) in [6.07, 6.45) is -0.625. The molecule has 1 aliphatic heterocycles. The number of ether oxygens (including phenoxy) is 1. The normalized spacial score (nSPS) is 15.5. The molecule has 0 spiro atoms. The fourth-order valence-electron chi connectivity index (χ4n) is 4.76. The van der Waals surface area contributed by atoms with E-state index in [4.69, 9.17) is 4.74 Å². The number of likely N-dealkylation sites (tertiary alicyclic amines) is 1. The maximum atomic E-state index is 12.8. The van der Waals surface area contributed by atoms with E-state index in [1.165, 1.54) is 4.90 Å². The number of rotatable bonds is 5. The molecular formula is C27H23BrN2O5. The molecule has 0 saturated carbocycles. The van der Waals surface area contributed by atoms with Crippen molar-refractivity contribution in [3.8, 4) is 11.1 Å². The van der Waals surface area contributed by atoms with Crippen LogP contribution >= 0.6 is 15.9 Å². The van der Waals surface area contributed by atoms with Crippen molar-refractivity contribution in [1.82, 2.24) is 4.90 Å². The molecule has 0 aromatic heterocycles. The Balaban J connectivity index is 1.26. The number of nitrogens with one attached hydrogen (secondary N) is 1. The second-order valence-electron chi connectivity index (χ2n) is 9.17. The lowest BCUT2D eigenvalue weighted by atomic mass is 9.81. The second kappa shape index (κ2) is 8.85. The zero-order valence-corrected chi connectivity index (χ0v) is 20.5. The molecule has 2 aliphatic rings. The van der Waals surface area contributed by atoms with Crippen molar-refractivity contribution < 1.29 is 24.2 Å². The molecule has 7 nitrogen and oxygen atoms in total. The molecule has 1 aliphatic carbocycles. The van der Waals surface area contributed by atoms with Crippen molar-refractivity contribution in [2.45, 2.75) is 12.8 Å². The number of anilines is 1. The van der Waals surface area contributed by atoms with Crippen molar-refractivity contribution >= 4 is 39.6 Å². The fourth-order valence-corrected chi connectivity index (χ4v) is 5.10. The van der Waals surface area contributed by atoms with E-state index in [1.54, 1.807) is 25.1 Å². The van der Waals surface area contributed by atoms with Gasteiger partial charge in [0.05, 0.1) is 5.69 Å². The van der Waals surface area contributed by atoms with Crippen LogP contribution in [0.1, 0.15) is 34.3 Å². The minimum atomic E-state index is -0.923. The Morgan fingerprint density at radius 1 is 1.03 bits per heavy atom. The summed E-state index contributed by atoms with van der Waals surface area (Å²) < 4.78 is 6.20. The van der Waals surface area contributed by atoms with Crippen molar-refractivity contribution in [1.29, 1.82) is 0 Å². The highest BCUT2D eigenvalue weighted by molar-refractivity contribution is 9.10. The van der Waals surface area contributed by atoms with Gasteiger partial charge in [-0.05, 0) is 63.3 Å². The van der Waals surface area contributed by atoms with E-state index in [1.807, 2.05) is 24.3 Å². The Labute approximate surface area is 210 Å². The van der Waals surface area contributed by atoms with Crippen molar-refractivity contribution in [3.63, 3.8) is 0 Å². The Hall–Kier alpha value is -3.65. The molecule has 0 atom stereocenters. The van der Waals surface area contributed by atoms with Gasteiger partial charge in [0.25, 0.3) is 5.91 Å². The summed E-state index contributed by atoms with van der Waals surface area (Å²) in [6.45, 7) is 2.08. The summed E-state index contributed by atoms with van der Waals surface area (Å²) in [4.78, 5) is 38.3. The van der Waals surface area contributed by atoms with E-state index in [0.29, 0.717) is 15.7 Å². The third-order valence-corrected chi connectivity index (χ3v) is 7.37. The molecule has 1 fully saturated rings. The van der Waals surface area contributed by atoms with Crippen molar-refractivity contribution in [3.05, 3.63) is 87.9 Å². The van der Waals surface area contributed by atoms with Crippen LogP contribution in [0.15, 0.2) is 71.2 Å². The van der Waals surface area contributed by atoms with Gasteiger partial charge in [-0.15, -0.1) is 0 Å². The molecule has 8 heteroatoms. The maximum Gasteiger partial charge on any atom is 0.411 e. The molecule has 3 aromatic carbocycles. The number of nitrogens with zero attached hydrogens (tertiary/aromatic N) is 1. The highest BCUT2D eigenvalue weighted by Crippen LogP contribution is 2.44. The lowest BCUT2D eigenvalue weighted by Gasteiger charge is -2.44. The first-order valence-corrected chi connectivity index (χ1v) is 12.0. The number of fused-ring (bicyclic) bond motifs is 3. The topological polar surface area (TPSA) is 95.9 Å². The monoisotopic (exact) mass is 534 g/mol. The highest BCUT2D eigenvalue weighted by atomic mass is 79.9. The average molecular weight is 535 g/mol. The van der Waals surface area contributed by atoms with Crippen LogP contribution in [0.25, 0.3) is 11.1 Å². The Kier molecular flexibility index (Phi) is 5.84. The SMILES string of the molecule is CC1(C(=O)O)CN(C(=O)c2ccc(Br)c(NC(=O)OCC3c4ccccc4-c4ccccc43)c2)C1. The zero-order valence-electron chi connectivity index (χ0n) is 19.0. The van der Waals surface area contributed by atoms with Crippen LogP contribution in [0, 0.1) is 5.41 Å². The number of halogens is 1. The summed E-state index contributed by atoms with van der Waals surface area (Å²) in [5, 5.41) is 12.0. The molecule has 2 N–H and O–H groups in total. The van der Waals surface area contributed by atoms with Gasteiger partial charge < -0.3 is 14.7 Å². The first-order chi connectivity index (χ1) is 16.8. The molecule has 0 bridgehead atoms. The molecule has 1 saturated heterocycles. The molecule has 35 heavy (non-hydrogen) atoms. The number of amides is 2. The van der Waals surface area contributed by atoms with Crippen molar-refractivity contribution in [2.24, 2.45) is 5.41 Å². The first-order valence-electron chi connectivity index (χ1n) is 11.2. The van der Waals surface area contributed by atoms with Gasteiger partial charge in [0.2, 0.25) is 0 Å². The molecule has 0 radical (unpaired) electrons. The van der Waals surface area contributed by atoms with Gasteiger partial charge in [-0.3, -0.25) is 14.9 Å². The third-order valence-electron chi connectivity index (χ3n) is 6.68. The maximum absolute atomic E-state index is 12.8. The minimum absolute atomic E-state index is 0.0561. The Morgan fingerprint density at radius 3 is 2.23 bits per heavy atom. The summed E-state index contributed by atoms with van der Waals surface area (Å²) in [5.74, 6) is -1.26. The van der Waals surface area contributed by atoms with E-state index in [0.717, 1.165) is 22.3 Å². The van der Waals surface area contributed by atoms with Gasteiger partial charge >= 0.3 is 12.1 Å².